The molecule has 4 nitrogen and oxygen atoms in total. The Bertz CT molecular complexity index is 506. The third kappa shape index (κ3) is 4.72. The Kier molecular flexibility index (Phi) is 5.48. The number of esters is 1. The normalized spacial score (nSPS) is 11.6. The minimum atomic E-state index is -5.12. The molecule has 0 unspecified atom stereocenters. The van der Waals surface area contributed by atoms with Crippen LogP contribution >= 0.6 is 22.6 Å². The Morgan fingerprint density at radius 1 is 1.45 bits per heavy atom. The van der Waals surface area contributed by atoms with Gasteiger partial charge in [-0.2, -0.15) is 0 Å². The fourth-order valence-electron chi connectivity index (χ4n) is 1.26. The molecular weight excluding hydrogens is 404 g/mol. The molecule has 0 aliphatic rings. The molecule has 0 N–H and O–H groups in total. The lowest BCUT2D eigenvalue weighted by atomic mass is 10.2. The average Bonchev–Trinajstić information content (AvgIpc) is 2.30. The van der Waals surface area contributed by atoms with Crippen LogP contribution in [0, 0.1) is 3.70 Å². The molecule has 0 aliphatic carbocycles. The highest BCUT2D eigenvalue weighted by atomic mass is 127. The van der Waals surface area contributed by atoms with Crippen LogP contribution in [0.1, 0.15) is 17.7 Å². The van der Waals surface area contributed by atoms with E-state index in [1.807, 2.05) is 0 Å². The van der Waals surface area contributed by atoms with Crippen molar-refractivity contribution in [1.82, 2.24) is 4.98 Å². The number of aromatic nitrogens is 1. The number of hydrogen-bond donors (Lipinski definition) is 0. The van der Waals surface area contributed by atoms with Gasteiger partial charge in [-0.15, -0.1) is 13.2 Å². The molecule has 20 heavy (non-hydrogen) atoms. The Morgan fingerprint density at radius 3 is 2.50 bits per heavy atom. The summed E-state index contributed by atoms with van der Waals surface area (Å²) in [5.41, 5.74) is -1.12. The molecule has 1 aromatic heterocycles. The summed E-state index contributed by atoms with van der Waals surface area (Å²) in [4.78, 5) is 14.6. The molecule has 0 fully saturated rings. The first-order chi connectivity index (χ1) is 9.14. The van der Waals surface area contributed by atoms with Crippen LogP contribution < -0.4 is 4.74 Å². The molecule has 112 valence electrons. The van der Waals surface area contributed by atoms with Crippen molar-refractivity contribution in [2.75, 3.05) is 7.11 Å². The van der Waals surface area contributed by atoms with Gasteiger partial charge in [0.1, 0.15) is 3.70 Å². The van der Waals surface area contributed by atoms with Crippen molar-refractivity contribution >= 4 is 28.6 Å². The van der Waals surface area contributed by atoms with Gasteiger partial charge in [-0.25, -0.2) is 13.8 Å². The van der Waals surface area contributed by atoms with Crippen LogP contribution in [-0.2, 0) is 16.0 Å². The van der Waals surface area contributed by atoms with Crippen molar-refractivity contribution in [1.29, 1.82) is 0 Å². The number of methoxy groups -OCH3 is 1. The minimum Gasteiger partial charge on any atom is -0.469 e. The van der Waals surface area contributed by atoms with Crippen LogP contribution in [0.25, 0.3) is 0 Å². The summed E-state index contributed by atoms with van der Waals surface area (Å²) in [6.45, 7) is 0. The monoisotopic (exact) mass is 411 g/mol. The molecule has 1 heterocycles. The minimum absolute atomic E-state index is 0.133. The van der Waals surface area contributed by atoms with E-state index in [-0.39, 0.29) is 5.69 Å². The zero-order valence-electron chi connectivity index (χ0n) is 9.80. The van der Waals surface area contributed by atoms with Gasteiger partial charge in [0.2, 0.25) is 0 Å². The molecule has 1 aromatic rings. The van der Waals surface area contributed by atoms with Gasteiger partial charge in [-0.3, -0.25) is 4.79 Å². The lowest BCUT2D eigenvalue weighted by molar-refractivity contribution is -0.275. The molecule has 0 aromatic carbocycles. The maximum atomic E-state index is 12.8. The van der Waals surface area contributed by atoms with Crippen molar-refractivity contribution in [3.8, 4) is 5.75 Å². The van der Waals surface area contributed by atoms with E-state index in [2.05, 4.69) is 14.5 Å². The number of carbonyl (C=O) groups is 1. The van der Waals surface area contributed by atoms with E-state index in [9.17, 15) is 26.7 Å². The lowest BCUT2D eigenvalue weighted by Gasteiger charge is -2.15. The Balaban J connectivity index is 3.22. The number of alkyl halides is 5. The highest BCUT2D eigenvalue weighted by Crippen LogP contribution is 2.36. The van der Waals surface area contributed by atoms with Gasteiger partial charge >= 0.3 is 12.3 Å². The summed E-state index contributed by atoms with van der Waals surface area (Å²) in [5.74, 6) is -1.82. The van der Waals surface area contributed by atoms with E-state index >= 15 is 0 Å². The lowest BCUT2D eigenvalue weighted by Crippen LogP contribution is -2.20. The maximum absolute atomic E-state index is 12.8. The Morgan fingerprint density at radius 2 is 2.05 bits per heavy atom. The molecule has 0 saturated carbocycles. The van der Waals surface area contributed by atoms with Crippen molar-refractivity contribution in [3.63, 3.8) is 0 Å². The highest BCUT2D eigenvalue weighted by molar-refractivity contribution is 14.1. The van der Waals surface area contributed by atoms with Gasteiger partial charge in [-0.05, 0) is 28.7 Å². The summed E-state index contributed by atoms with van der Waals surface area (Å²) >= 11 is 1.32. The summed E-state index contributed by atoms with van der Waals surface area (Å²) in [7, 11) is 1.09. The predicted molar refractivity (Wildman–Crippen MR) is 64.3 cm³/mol. The number of rotatable bonds is 4. The molecule has 0 bridgehead atoms. The van der Waals surface area contributed by atoms with Gasteiger partial charge in [0, 0.05) is 0 Å². The first kappa shape index (κ1) is 16.9. The molecule has 0 amide bonds. The molecule has 0 saturated heterocycles. The molecule has 0 aliphatic heterocycles. The van der Waals surface area contributed by atoms with Crippen LogP contribution in [0.5, 0.6) is 5.75 Å². The number of ether oxygens (including phenoxy) is 2. The highest BCUT2D eigenvalue weighted by Gasteiger charge is 2.35. The fraction of sp³-hybridized carbons (Fsp3) is 0.400. The number of halogens is 6. The SMILES string of the molecule is COC(=O)Cc1cc(C(F)F)c(OC(F)(F)F)c(I)n1. The zero-order chi connectivity index (χ0) is 15.5. The van der Waals surface area contributed by atoms with Gasteiger partial charge in [-0.1, -0.05) is 0 Å². The third-order valence-corrected chi connectivity index (χ3v) is 2.75. The van der Waals surface area contributed by atoms with E-state index < -0.39 is 40.2 Å². The smallest absolute Gasteiger partial charge is 0.469 e. The summed E-state index contributed by atoms with van der Waals surface area (Å²) < 4.78 is 69.5. The summed E-state index contributed by atoms with van der Waals surface area (Å²) in [6.07, 6.45) is -8.76. The molecule has 0 atom stereocenters. The van der Waals surface area contributed by atoms with E-state index in [1.54, 1.807) is 0 Å². The predicted octanol–water partition coefficient (Wildman–Crippen LogP) is 3.24. The molecule has 1 rings (SSSR count). The number of hydrogen-bond acceptors (Lipinski definition) is 4. The van der Waals surface area contributed by atoms with Crippen molar-refractivity contribution < 1.29 is 36.2 Å². The largest absolute Gasteiger partial charge is 0.573 e. The van der Waals surface area contributed by atoms with Crippen LogP contribution in [0.15, 0.2) is 6.07 Å². The van der Waals surface area contributed by atoms with Crippen LogP contribution in [0.2, 0.25) is 0 Å². The second-order valence-electron chi connectivity index (χ2n) is 3.42. The van der Waals surface area contributed by atoms with Gasteiger partial charge in [0.25, 0.3) is 6.43 Å². The second-order valence-corrected chi connectivity index (χ2v) is 4.45. The van der Waals surface area contributed by atoms with Crippen molar-refractivity contribution in [3.05, 3.63) is 21.0 Å². The quantitative estimate of drug-likeness (QED) is 0.331. The molecule has 10 heteroatoms. The second kappa shape index (κ2) is 6.50. The van der Waals surface area contributed by atoms with Gasteiger partial charge in [0.15, 0.2) is 5.75 Å². The first-order valence-corrected chi connectivity index (χ1v) is 6.02. The van der Waals surface area contributed by atoms with E-state index in [0.717, 1.165) is 7.11 Å². The number of carbonyl (C=O) groups excluding carboxylic acids is 1. The Hall–Kier alpha value is -1.20. The third-order valence-electron chi connectivity index (χ3n) is 2.02. The van der Waals surface area contributed by atoms with Crippen LogP contribution in [0.3, 0.4) is 0 Å². The van der Waals surface area contributed by atoms with E-state index in [4.69, 9.17) is 0 Å². The summed E-state index contributed by atoms with van der Waals surface area (Å²) in [6, 6.07) is 0.685. The summed E-state index contributed by atoms with van der Waals surface area (Å²) in [5, 5.41) is 0. The van der Waals surface area contributed by atoms with Crippen LogP contribution in [0.4, 0.5) is 22.0 Å². The fourth-order valence-corrected chi connectivity index (χ4v) is 1.99. The Labute approximate surface area is 123 Å². The van der Waals surface area contributed by atoms with Gasteiger partial charge < -0.3 is 9.47 Å². The van der Waals surface area contributed by atoms with Gasteiger partial charge in [0.05, 0.1) is 24.8 Å². The number of nitrogens with zero attached hydrogens (tertiary/aromatic N) is 1. The molecular formula is C10H7F5INO3. The zero-order valence-corrected chi connectivity index (χ0v) is 12.0. The number of pyridine rings is 1. The standard InChI is InChI=1S/C10H7F5INO3/c1-19-6(18)3-4-2-5(8(11)12)7(9(16)17-4)20-10(13,14)15/h2,8H,3H2,1H3. The molecule has 0 spiro atoms. The van der Waals surface area contributed by atoms with Crippen molar-refractivity contribution in [2.45, 2.75) is 19.2 Å². The topological polar surface area (TPSA) is 48.4 Å². The first-order valence-electron chi connectivity index (χ1n) is 4.94. The van der Waals surface area contributed by atoms with E-state index in [1.165, 1.54) is 22.6 Å². The molecule has 0 radical (unpaired) electrons. The maximum Gasteiger partial charge on any atom is 0.573 e. The van der Waals surface area contributed by atoms with E-state index in [0.29, 0.717) is 6.07 Å². The average molecular weight is 411 g/mol. The van der Waals surface area contributed by atoms with Crippen LogP contribution in [-0.4, -0.2) is 24.4 Å². The van der Waals surface area contributed by atoms with Crippen molar-refractivity contribution in [2.24, 2.45) is 0 Å².